The lowest BCUT2D eigenvalue weighted by Crippen LogP contribution is -2.31. The number of ether oxygens (including phenoxy) is 1. The van der Waals surface area contributed by atoms with Crippen LogP contribution in [-0.2, 0) is 4.74 Å². The zero-order valence-corrected chi connectivity index (χ0v) is 7.72. The van der Waals surface area contributed by atoms with Crippen molar-refractivity contribution in [3.05, 3.63) is 35.9 Å². The number of fused-ring (bicyclic) bond motifs is 1. The van der Waals surface area contributed by atoms with E-state index >= 15 is 0 Å². The lowest BCUT2D eigenvalue weighted by Gasteiger charge is -2.17. The molecule has 2 heterocycles. The summed E-state index contributed by atoms with van der Waals surface area (Å²) in [6.45, 7) is 1.52. The van der Waals surface area contributed by atoms with Gasteiger partial charge in [0.2, 0.25) is 0 Å². The first-order valence-corrected chi connectivity index (χ1v) is 4.84. The fraction of sp³-hybridized carbons (Fsp3) is 0.364. The van der Waals surface area contributed by atoms with Crippen LogP contribution in [0.2, 0.25) is 0 Å². The maximum absolute atomic E-state index is 11.9. The molecule has 72 valence electrons. The van der Waals surface area contributed by atoms with Crippen LogP contribution in [0.5, 0.6) is 0 Å². The average Bonchev–Trinajstić information content (AvgIpc) is 2.86. The number of nitrogens with zero attached hydrogens (tertiary/aromatic N) is 1. The molecule has 2 fully saturated rings. The molecule has 14 heavy (non-hydrogen) atoms. The summed E-state index contributed by atoms with van der Waals surface area (Å²) < 4.78 is 5.28. The summed E-state index contributed by atoms with van der Waals surface area (Å²) in [5, 5.41) is 0. The number of hydrogen-bond acceptors (Lipinski definition) is 2. The molecule has 0 aliphatic carbocycles. The van der Waals surface area contributed by atoms with E-state index in [0.29, 0.717) is 12.2 Å². The number of amides is 1. The van der Waals surface area contributed by atoms with Crippen molar-refractivity contribution in [3.8, 4) is 0 Å². The number of benzene rings is 1. The molecule has 2 aliphatic rings. The summed E-state index contributed by atoms with van der Waals surface area (Å²) in [5.41, 5.74) is 0.772. The standard InChI is InChI=1S/C11H11NO2/c13-11(8-4-2-1-3-5-8)12-6-9-10(7-12)14-9/h1-5,9-10H,6-7H2. The molecular weight excluding hydrogens is 178 g/mol. The lowest BCUT2D eigenvalue weighted by atomic mass is 10.2. The van der Waals surface area contributed by atoms with Gasteiger partial charge in [0.1, 0.15) is 12.2 Å². The SMILES string of the molecule is O=C(c1ccccc1)N1CC2OC2C1. The van der Waals surface area contributed by atoms with E-state index in [0.717, 1.165) is 18.7 Å². The van der Waals surface area contributed by atoms with Gasteiger partial charge in [-0.2, -0.15) is 0 Å². The van der Waals surface area contributed by atoms with E-state index in [1.807, 2.05) is 35.2 Å². The molecule has 0 aromatic heterocycles. The fourth-order valence-electron chi connectivity index (χ4n) is 1.94. The summed E-state index contributed by atoms with van der Waals surface area (Å²) in [4.78, 5) is 13.8. The minimum Gasteiger partial charge on any atom is -0.366 e. The number of morpholine rings is 1. The Labute approximate surface area is 82.3 Å². The van der Waals surface area contributed by atoms with E-state index in [1.54, 1.807) is 0 Å². The van der Waals surface area contributed by atoms with Gasteiger partial charge in [-0.3, -0.25) is 4.79 Å². The second kappa shape index (κ2) is 2.82. The van der Waals surface area contributed by atoms with Crippen molar-refractivity contribution in [1.82, 2.24) is 4.90 Å². The summed E-state index contributed by atoms with van der Waals surface area (Å²) in [6, 6.07) is 9.41. The van der Waals surface area contributed by atoms with Crippen LogP contribution in [0, 0.1) is 0 Å². The maximum atomic E-state index is 11.9. The molecule has 0 saturated carbocycles. The quantitative estimate of drug-likeness (QED) is 0.615. The highest BCUT2D eigenvalue weighted by molar-refractivity contribution is 5.94. The topological polar surface area (TPSA) is 32.8 Å². The van der Waals surface area contributed by atoms with E-state index in [2.05, 4.69) is 0 Å². The van der Waals surface area contributed by atoms with Crippen LogP contribution in [0.15, 0.2) is 30.3 Å². The van der Waals surface area contributed by atoms with Gasteiger partial charge >= 0.3 is 0 Å². The van der Waals surface area contributed by atoms with Crippen LogP contribution in [0.1, 0.15) is 10.4 Å². The molecular formula is C11H11NO2. The molecule has 3 nitrogen and oxygen atoms in total. The van der Waals surface area contributed by atoms with Crippen molar-refractivity contribution in [2.45, 2.75) is 12.2 Å². The maximum Gasteiger partial charge on any atom is 0.254 e. The van der Waals surface area contributed by atoms with Gasteiger partial charge in [0.15, 0.2) is 0 Å². The molecule has 1 aromatic rings. The molecule has 0 radical (unpaired) electrons. The second-order valence-corrected chi connectivity index (χ2v) is 3.79. The molecule has 0 bridgehead atoms. The first kappa shape index (κ1) is 8.00. The predicted octanol–water partition coefficient (Wildman–Crippen LogP) is 0.910. The van der Waals surface area contributed by atoms with Gasteiger partial charge in [-0.1, -0.05) is 18.2 Å². The van der Waals surface area contributed by atoms with Crippen molar-refractivity contribution in [1.29, 1.82) is 0 Å². The van der Waals surface area contributed by atoms with Gasteiger partial charge in [0.05, 0.1) is 0 Å². The van der Waals surface area contributed by atoms with Crippen molar-refractivity contribution in [3.63, 3.8) is 0 Å². The number of carbonyl (C=O) groups excluding carboxylic acids is 1. The van der Waals surface area contributed by atoms with Crippen LogP contribution in [-0.4, -0.2) is 36.1 Å². The van der Waals surface area contributed by atoms with Crippen LogP contribution in [0.3, 0.4) is 0 Å². The Morgan fingerprint density at radius 2 is 1.86 bits per heavy atom. The monoisotopic (exact) mass is 189 g/mol. The molecule has 0 spiro atoms. The minimum atomic E-state index is 0.126. The molecule has 2 atom stereocenters. The Hall–Kier alpha value is -1.35. The van der Waals surface area contributed by atoms with E-state index in [-0.39, 0.29) is 5.91 Å². The molecule has 2 saturated heterocycles. The van der Waals surface area contributed by atoms with E-state index in [1.165, 1.54) is 0 Å². The third-order valence-electron chi connectivity index (χ3n) is 2.80. The van der Waals surface area contributed by atoms with Crippen molar-refractivity contribution >= 4 is 5.91 Å². The highest BCUT2D eigenvalue weighted by Crippen LogP contribution is 2.31. The zero-order valence-electron chi connectivity index (χ0n) is 7.72. The molecule has 2 aliphatic heterocycles. The number of epoxide rings is 1. The fourth-order valence-corrected chi connectivity index (χ4v) is 1.94. The van der Waals surface area contributed by atoms with Gasteiger partial charge in [0.25, 0.3) is 5.91 Å². The minimum absolute atomic E-state index is 0.126. The second-order valence-electron chi connectivity index (χ2n) is 3.79. The number of rotatable bonds is 1. The molecule has 1 aromatic carbocycles. The summed E-state index contributed by atoms with van der Waals surface area (Å²) in [6.07, 6.45) is 0.644. The van der Waals surface area contributed by atoms with Crippen LogP contribution < -0.4 is 0 Å². The Bertz CT molecular complexity index is 353. The van der Waals surface area contributed by atoms with Crippen molar-refractivity contribution in [2.24, 2.45) is 0 Å². The Balaban J connectivity index is 1.77. The Morgan fingerprint density at radius 1 is 1.21 bits per heavy atom. The molecule has 3 rings (SSSR count). The lowest BCUT2D eigenvalue weighted by molar-refractivity contribution is 0.0730. The summed E-state index contributed by atoms with van der Waals surface area (Å²) in [7, 11) is 0. The van der Waals surface area contributed by atoms with Crippen LogP contribution in [0.25, 0.3) is 0 Å². The molecule has 1 amide bonds. The van der Waals surface area contributed by atoms with Gasteiger partial charge < -0.3 is 9.64 Å². The summed E-state index contributed by atoms with van der Waals surface area (Å²) in [5.74, 6) is 0.126. The first-order chi connectivity index (χ1) is 6.84. The Kier molecular flexibility index (Phi) is 1.61. The highest BCUT2D eigenvalue weighted by Gasteiger charge is 2.48. The molecule has 3 heteroatoms. The number of hydrogen-bond donors (Lipinski definition) is 0. The smallest absolute Gasteiger partial charge is 0.254 e. The van der Waals surface area contributed by atoms with Gasteiger partial charge in [-0.25, -0.2) is 0 Å². The third kappa shape index (κ3) is 1.21. The van der Waals surface area contributed by atoms with Crippen LogP contribution in [0.4, 0.5) is 0 Å². The highest BCUT2D eigenvalue weighted by atomic mass is 16.6. The molecule has 2 unspecified atom stereocenters. The van der Waals surface area contributed by atoms with Gasteiger partial charge in [0, 0.05) is 18.7 Å². The van der Waals surface area contributed by atoms with Gasteiger partial charge in [-0.15, -0.1) is 0 Å². The first-order valence-electron chi connectivity index (χ1n) is 4.84. The summed E-state index contributed by atoms with van der Waals surface area (Å²) >= 11 is 0. The zero-order chi connectivity index (χ0) is 9.54. The normalized spacial score (nSPS) is 28.7. The number of carbonyl (C=O) groups is 1. The van der Waals surface area contributed by atoms with E-state index in [4.69, 9.17) is 4.74 Å². The largest absolute Gasteiger partial charge is 0.366 e. The molecule has 0 N–H and O–H groups in total. The van der Waals surface area contributed by atoms with Crippen molar-refractivity contribution < 1.29 is 9.53 Å². The van der Waals surface area contributed by atoms with Gasteiger partial charge in [-0.05, 0) is 12.1 Å². The predicted molar refractivity (Wildman–Crippen MR) is 51.0 cm³/mol. The van der Waals surface area contributed by atoms with E-state index in [9.17, 15) is 4.79 Å². The van der Waals surface area contributed by atoms with E-state index < -0.39 is 0 Å². The van der Waals surface area contributed by atoms with Crippen LogP contribution >= 0.6 is 0 Å². The third-order valence-corrected chi connectivity index (χ3v) is 2.80. The number of likely N-dealkylation sites (tertiary alicyclic amines) is 1. The average molecular weight is 189 g/mol. The van der Waals surface area contributed by atoms with Crippen molar-refractivity contribution in [2.75, 3.05) is 13.1 Å². The Morgan fingerprint density at radius 3 is 2.50 bits per heavy atom.